The van der Waals surface area contributed by atoms with Crippen molar-refractivity contribution in [2.75, 3.05) is 12.3 Å². The van der Waals surface area contributed by atoms with Gasteiger partial charge in [0.25, 0.3) is 0 Å². The van der Waals surface area contributed by atoms with Crippen LogP contribution >= 0.6 is 11.8 Å². The number of amides is 1. The number of hydrogen-bond acceptors (Lipinski definition) is 5. The molecule has 1 unspecified atom stereocenters. The van der Waals surface area contributed by atoms with E-state index in [2.05, 4.69) is 10.3 Å². The first-order valence-corrected chi connectivity index (χ1v) is 8.57. The fraction of sp³-hybridized carbons (Fsp3) is 0.412. The van der Waals surface area contributed by atoms with Crippen LogP contribution in [0.15, 0.2) is 35.0 Å². The Morgan fingerprint density at radius 2 is 2.26 bits per heavy atom. The number of carbonyl (C=O) groups excluding carboxylic acids is 1. The van der Waals surface area contributed by atoms with Gasteiger partial charge in [0.2, 0.25) is 5.91 Å². The number of hydrogen-bond donors (Lipinski definition) is 2. The molecular weight excluding hydrogens is 312 g/mol. The Kier molecular flexibility index (Phi) is 5.85. The lowest BCUT2D eigenvalue weighted by molar-refractivity contribution is -0.119. The van der Waals surface area contributed by atoms with E-state index in [0.717, 1.165) is 17.1 Å². The first kappa shape index (κ1) is 17.6. The highest BCUT2D eigenvalue weighted by molar-refractivity contribution is 7.99. The van der Waals surface area contributed by atoms with Crippen molar-refractivity contribution in [2.24, 2.45) is 0 Å². The smallest absolute Gasteiger partial charge is 0.230 e. The molecule has 2 aromatic heterocycles. The van der Waals surface area contributed by atoms with Crippen molar-refractivity contribution in [3.63, 3.8) is 0 Å². The molecule has 6 heteroatoms. The molecule has 1 atom stereocenters. The van der Waals surface area contributed by atoms with E-state index in [-0.39, 0.29) is 12.5 Å². The Morgan fingerprint density at radius 1 is 1.48 bits per heavy atom. The lowest BCUT2D eigenvalue weighted by Gasteiger charge is -2.23. The summed E-state index contributed by atoms with van der Waals surface area (Å²) in [7, 11) is 0. The van der Waals surface area contributed by atoms with Crippen LogP contribution in [-0.4, -0.2) is 28.3 Å². The van der Waals surface area contributed by atoms with Crippen LogP contribution in [0.1, 0.15) is 29.6 Å². The third kappa shape index (κ3) is 5.11. The van der Waals surface area contributed by atoms with E-state index in [4.69, 9.17) is 4.42 Å². The maximum Gasteiger partial charge on any atom is 0.230 e. The van der Waals surface area contributed by atoms with Crippen LogP contribution in [-0.2, 0) is 16.1 Å². The zero-order valence-electron chi connectivity index (χ0n) is 13.6. The second kappa shape index (κ2) is 7.66. The van der Waals surface area contributed by atoms with E-state index in [1.807, 2.05) is 26.0 Å². The number of aliphatic hydroxyl groups is 1. The molecule has 2 rings (SSSR count). The Hall–Kier alpha value is -1.79. The van der Waals surface area contributed by atoms with Gasteiger partial charge < -0.3 is 14.8 Å². The normalized spacial score (nSPS) is 13.6. The topological polar surface area (TPSA) is 75.4 Å². The average Bonchev–Trinajstić information content (AvgIpc) is 2.86. The second-order valence-electron chi connectivity index (χ2n) is 5.73. The maximum absolute atomic E-state index is 11.9. The van der Waals surface area contributed by atoms with Crippen LogP contribution in [0.4, 0.5) is 0 Å². The molecule has 2 aromatic rings. The van der Waals surface area contributed by atoms with Crippen molar-refractivity contribution in [1.29, 1.82) is 0 Å². The van der Waals surface area contributed by atoms with Gasteiger partial charge in [0.05, 0.1) is 12.3 Å². The molecule has 0 radical (unpaired) electrons. The summed E-state index contributed by atoms with van der Waals surface area (Å²) < 4.78 is 5.44. The largest absolute Gasteiger partial charge is 0.466 e. The number of carbonyl (C=O) groups is 1. The van der Waals surface area contributed by atoms with Crippen molar-refractivity contribution in [3.05, 3.63) is 53.2 Å². The van der Waals surface area contributed by atoms with Crippen molar-refractivity contribution in [2.45, 2.75) is 32.1 Å². The van der Waals surface area contributed by atoms with Gasteiger partial charge in [-0.3, -0.25) is 9.78 Å². The van der Waals surface area contributed by atoms with Crippen LogP contribution in [0.2, 0.25) is 0 Å². The molecule has 0 aliphatic heterocycles. The third-order valence-corrected chi connectivity index (χ3v) is 4.48. The predicted molar refractivity (Wildman–Crippen MR) is 91.2 cm³/mol. The molecule has 1 amide bonds. The van der Waals surface area contributed by atoms with Crippen molar-refractivity contribution < 1.29 is 14.3 Å². The molecule has 124 valence electrons. The first-order chi connectivity index (χ1) is 10.9. The van der Waals surface area contributed by atoms with Crippen LogP contribution < -0.4 is 5.32 Å². The van der Waals surface area contributed by atoms with Gasteiger partial charge in [-0.25, -0.2) is 0 Å². The van der Waals surface area contributed by atoms with Gasteiger partial charge in [0, 0.05) is 23.7 Å². The number of furan rings is 1. The molecule has 0 saturated heterocycles. The lowest BCUT2D eigenvalue weighted by atomic mass is 9.96. The molecular formula is C17H22N2O3S. The molecule has 0 spiro atoms. The molecule has 0 saturated carbocycles. The van der Waals surface area contributed by atoms with Gasteiger partial charge in [-0.2, -0.15) is 0 Å². The predicted octanol–water partition coefficient (Wildman–Crippen LogP) is 2.55. The van der Waals surface area contributed by atoms with Gasteiger partial charge in [0.1, 0.15) is 17.1 Å². The minimum absolute atomic E-state index is 0.1000. The minimum Gasteiger partial charge on any atom is -0.466 e. The average molecular weight is 334 g/mol. The number of aryl methyl sites for hydroxylation is 2. The number of pyridine rings is 1. The van der Waals surface area contributed by atoms with Crippen molar-refractivity contribution >= 4 is 17.7 Å². The summed E-state index contributed by atoms with van der Waals surface area (Å²) in [5, 5.41) is 13.3. The fourth-order valence-electron chi connectivity index (χ4n) is 2.33. The molecule has 23 heavy (non-hydrogen) atoms. The molecule has 2 heterocycles. The van der Waals surface area contributed by atoms with Gasteiger partial charge in [-0.1, -0.05) is 6.07 Å². The summed E-state index contributed by atoms with van der Waals surface area (Å²) in [6.07, 6.45) is 3.52. The van der Waals surface area contributed by atoms with Gasteiger partial charge in [-0.05, 0) is 38.5 Å². The Balaban J connectivity index is 1.78. The maximum atomic E-state index is 11.9. The molecule has 0 fully saturated rings. The van der Waals surface area contributed by atoms with Gasteiger partial charge in [0.15, 0.2) is 0 Å². The quantitative estimate of drug-likeness (QED) is 0.814. The SMILES string of the molecule is Cc1cc(C(C)(O)CNC(=O)CSCc2cccnc2)c(C)o1. The molecule has 0 aliphatic carbocycles. The molecule has 2 N–H and O–H groups in total. The zero-order valence-corrected chi connectivity index (χ0v) is 14.4. The second-order valence-corrected chi connectivity index (χ2v) is 6.72. The van der Waals surface area contributed by atoms with E-state index >= 15 is 0 Å². The number of thioether (sulfide) groups is 1. The summed E-state index contributed by atoms with van der Waals surface area (Å²) >= 11 is 1.52. The van der Waals surface area contributed by atoms with Gasteiger partial charge >= 0.3 is 0 Å². The number of nitrogens with zero attached hydrogens (tertiary/aromatic N) is 1. The van der Waals surface area contributed by atoms with E-state index in [1.54, 1.807) is 25.4 Å². The van der Waals surface area contributed by atoms with E-state index < -0.39 is 5.60 Å². The Bertz CT molecular complexity index is 653. The van der Waals surface area contributed by atoms with Crippen molar-refractivity contribution in [3.8, 4) is 0 Å². The van der Waals surface area contributed by atoms with E-state index in [1.165, 1.54) is 11.8 Å². The Labute approximate surface area is 140 Å². The first-order valence-electron chi connectivity index (χ1n) is 7.42. The van der Waals surface area contributed by atoms with Crippen LogP contribution in [0.25, 0.3) is 0 Å². The van der Waals surface area contributed by atoms with Crippen LogP contribution in [0.5, 0.6) is 0 Å². The molecule has 0 aliphatic rings. The van der Waals surface area contributed by atoms with Gasteiger partial charge in [-0.15, -0.1) is 11.8 Å². The summed E-state index contributed by atoms with van der Waals surface area (Å²) in [6, 6.07) is 5.66. The summed E-state index contributed by atoms with van der Waals surface area (Å²) in [5.41, 5.74) is 0.644. The molecule has 0 aromatic carbocycles. The summed E-state index contributed by atoms with van der Waals surface area (Å²) in [5.74, 6) is 2.40. The minimum atomic E-state index is -1.15. The monoisotopic (exact) mass is 334 g/mol. The lowest BCUT2D eigenvalue weighted by Crippen LogP contribution is -2.39. The van der Waals surface area contributed by atoms with Crippen LogP contribution in [0, 0.1) is 13.8 Å². The number of rotatable bonds is 7. The summed E-state index contributed by atoms with van der Waals surface area (Å²) in [4.78, 5) is 16.0. The fourth-order valence-corrected chi connectivity index (χ4v) is 3.12. The zero-order chi connectivity index (χ0) is 16.9. The molecule has 0 bridgehead atoms. The standard InChI is InChI=1S/C17H22N2O3S/c1-12-7-15(13(2)22-12)17(3,21)11-19-16(20)10-23-9-14-5-4-6-18-8-14/h4-8,21H,9-11H2,1-3H3,(H,19,20). The number of nitrogens with one attached hydrogen (secondary N) is 1. The third-order valence-electron chi connectivity index (χ3n) is 3.48. The molecule has 5 nitrogen and oxygen atoms in total. The Morgan fingerprint density at radius 3 is 2.87 bits per heavy atom. The summed E-state index contributed by atoms with van der Waals surface area (Å²) in [6.45, 7) is 5.47. The highest BCUT2D eigenvalue weighted by atomic mass is 32.2. The highest BCUT2D eigenvalue weighted by Crippen LogP contribution is 2.26. The highest BCUT2D eigenvalue weighted by Gasteiger charge is 2.28. The van der Waals surface area contributed by atoms with Crippen molar-refractivity contribution in [1.82, 2.24) is 10.3 Å². The number of aromatic nitrogens is 1. The van der Waals surface area contributed by atoms with E-state index in [9.17, 15) is 9.90 Å². The van der Waals surface area contributed by atoms with Crippen LogP contribution in [0.3, 0.4) is 0 Å². The van der Waals surface area contributed by atoms with E-state index in [0.29, 0.717) is 17.1 Å².